The lowest BCUT2D eigenvalue weighted by atomic mass is 10.1. The SMILES string of the molecule is CN1CCN(CCCNC(=O)c2cccn2-c2nnc(N3CCCCC3)s2)CC1. The Balaban J connectivity index is 1.29. The van der Waals surface area contributed by atoms with Crippen molar-refractivity contribution in [3.63, 3.8) is 0 Å². The van der Waals surface area contributed by atoms with Crippen LogP contribution in [0, 0.1) is 0 Å². The number of carbonyl (C=O) groups is 1. The highest BCUT2D eigenvalue weighted by Gasteiger charge is 2.19. The predicted molar refractivity (Wildman–Crippen MR) is 116 cm³/mol. The fraction of sp³-hybridized carbons (Fsp3) is 0.650. The van der Waals surface area contributed by atoms with E-state index in [1.165, 1.54) is 19.3 Å². The number of rotatable bonds is 7. The molecule has 2 fully saturated rings. The first-order valence-electron chi connectivity index (χ1n) is 10.7. The van der Waals surface area contributed by atoms with Gasteiger partial charge in [0.25, 0.3) is 5.91 Å². The molecule has 158 valence electrons. The van der Waals surface area contributed by atoms with E-state index in [1.54, 1.807) is 11.3 Å². The number of hydrogen-bond donors (Lipinski definition) is 1. The molecular weight excluding hydrogens is 386 g/mol. The smallest absolute Gasteiger partial charge is 0.268 e. The Labute approximate surface area is 176 Å². The Morgan fingerprint density at radius 1 is 1.07 bits per heavy atom. The van der Waals surface area contributed by atoms with Gasteiger partial charge in [-0.3, -0.25) is 9.36 Å². The molecule has 29 heavy (non-hydrogen) atoms. The molecule has 0 spiro atoms. The summed E-state index contributed by atoms with van der Waals surface area (Å²) in [5.74, 6) is -0.0527. The van der Waals surface area contributed by atoms with E-state index in [2.05, 4.69) is 37.3 Å². The standard InChI is InChI=1S/C20H31N7OS/c1-24-13-15-25(16-14-24)9-6-8-21-18(28)17-7-5-12-27(17)20-23-22-19(29-20)26-10-3-2-4-11-26/h5,7,12H,2-4,6,8-11,13-16H2,1H3,(H,21,28). The third-order valence-corrected chi connectivity index (χ3v) is 6.73. The van der Waals surface area contributed by atoms with Crippen molar-refractivity contribution in [2.75, 3.05) is 64.3 Å². The van der Waals surface area contributed by atoms with Crippen molar-refractivity contribution in [3.05, 3.63) is 24.0 Å². The average Bonchev–Trinajstić information content (AvgIpc) is 3.42. The summed E-state index contributed by atoms with van der Waals surface area (Å²) in [6.45, 7) is 8.29. The second-order valence-electron chi connectivity index (χ2n) is 7.93. The first kappa shape index (κ1) is 20.3. The zero-order chi connectivity index (χ0) is 20.1. The molecule has 8 nitrogen and oxygen atoms in total. The van der Waals surface area contributed by atoms with Crippen molar-refractivity contribution in [1.29, 1.82) is 0 Å². The largest absolute Gasteiger partial charge is 0.351 e. The summed E-state index contributed by atoms with van der Waals surface area (Å²) >= 11 is 1.55. The molecule has 1 N–H and O–H groups in total. The lowest BCUT2D eigenvalue weighted by Crippen LogP contribution is -2.45. The van der Waals surface area contributed by atoms with Gasteiger partial charge < -0.3 is 20.0 Å². The molecule has 2 aromatic rings. The Kier molecular flexibility index (Phi) is 6.78. The summed E-state index contributed by atoms with van der Waals surface area (Å²) in [6.07, 6.45) is 6.56. The Bertz CT molecular complexity index is 790. The Morgan fingerprint density at radius 2 is 1.83 bits per heavy atom. The zero-order valence-corrected chi connectivity index (χ0v) is 18.0. The van der Waals surface area contributed by atoms with Crippen LogP contribution in [0.5, 0.6) is 0 Å². The molecule has 2 saturated heterocycles. The van der Waals surface area contributed by atoms with Gasteiger partial charge in [-0.1, -0.05) is 11.3 Å². The van der Waals surface area contributed by atoms with Gasteiger partial charge in [0, 0.05) is 52.0 Å². The highest BCUT2D eigenvalue weighted by atomic mass is 32.1. The van der Waals surface area contributed by atoms with E-state index in [9.17, 15) is 4.79 Å². The van der Waals surface area contributed by atoms with E-state index in [0.717, 1.165) is 62.5 Å². The molecule has 2 aliphatic rings. The summed E-state index contributed by atoms with van der Waals surface area (Å²) in [5, 5.41) is 13.5. The van der Waals surface area contributed by atoms with Gasteiger partial charge in [0.05, 0.1) is 0 Å². The van der Waals surface area contributed by atoms with Gasteiger partial charge in [0.2, 0.25) is 10.3 Å². The first-order chi connectivity index (χ1) is 14.2. The number of anilines is 1. The number of piperazine rings is 1. The maximum absolute atomic E-state index is 12.7. The number of aromatic nitrogens is 3. The van der Waals surface area contributed by atoms with Crippen molar-refractivity contribution in [2.24, 2.45) is 0 Å². The van der Waals surface area contributed by atoms with E-state index in [0.29, 0.717) is 12.2 Å². The highest BCUT2D eigenvalue weighted by molar-refractivity contribution is 7.17. The van der Waals surface area contributed by atoms with Crippen LogP contribution in [0.4, 0.5) is 5.13 Å². The second-order valence-corrected chi connectivity index (χ2v) is 8.87. The van der Waals surface area contributed by atoms with Gasteiger partial charge in [-0.05, 0) is 51.4 Å². The van der Waals surface area contributed by atoms with Gasteiger partial charge >= 0.3 is 0 Å². The number of likely N-dealkylation sites (N-methyl/N-ethyl adjacent to an activating group) is 1. The number of nitrogens with one attached hydrogen (secondary N) is 1. The molecule has 4 heterocycles. The van der Waals surface area contributed by atoms with E-state index < -0.39 is 0 Å². The molecule has 0 bridgehead atoms. The molecule has 0 saturated carbocycles. The molecule has 2 aliphatic heterocycles. The second kappa shape index (κ2) is 9.69. The molecule has 4 rings (SSSR count). The lowest BCUT2D eigenvalue weighted by molar-refractivity contribution is 0.0942. The predicted octanol–water partition coefficient (Wildman–Crippen LogP) is 1.69. The lowest BCUT2D eigenvalue weighted by Gasteiger charge is -2.32. The molecule has 0 atom stereocenters. The molecule has 9 heteroatoms. The Hall–Kier alpha value is -1.97. The van der Waals surface area contributed by atoms with Crippen molar-refractivity contribution in [2.45, 2.75) is 25.7 Å². The summed E-state index contributed by atoms with van der Waals surface area (Å²) in [7, 11) is 2.17. The van der Waals surface area contributed by atoms with Gasteiger partial charge in [-0.2, -0.15) is 0 Å². The number of carbonyl (C=O) groups excluding carboxylic acids is 1. The van der Waals surface area contributed by atoms with Crippen LogP contribution in [0.2, 0.25) is 0 Å². The zero-order valence-electron chi connectivity index (χ0n) is 17.2. The molecule has 0 aliphatic carbocycles. The normalized spacial score (nSPS) is 18.9. The van der Waals surface area contributed by atoms with Crippen LogP contribution in [-0.4, -0.2) is 89.9 Å². The van der Waals surface area contributed by atoms with E-state index in [1.807, 2.05) is 22.9 Å². The summed E-state index contributed by atoms with van der Waals surface area (Å²) in [4.78, 5) is 19.8. The molecule has 0 aromatic carbocycles. The number of hydrogen-bond acceptors (Lipinski definition) is 7. The van der Waals surface area contributed by atoms with Gasteiger partial charge in [-0.25, -0.2) is 0 Å². The molecule has 0 radical (unpaired) electrons. The monoisotopic (exact) mass is 417 g/mol. The van der Waals surface area contributed by atoms with E-state index in [4.69, 9.17) is 0 Å². The molecule has 1 amide bonds. The minimum atomic E-state index is -0.0527. The summed E-state index contributed by atoms with van der Waals surface area (Å²) < 4.78 is 1.85. The minimum Gasteiger partial charge on any atom is -0.351 e. The maximum atomic E-state index is 12.7. The third kappa shape index (κ3) is 5.15. The van der Waals surface area contributed by atoms with Crippen LogP contribution in [0.15, 0.2) is 18.3 Å². The Morgan fingerprint density at radius 3 is 2.62 bits per heavy atom. The van der Waals surface area contributed by atoms with Crippen LogP contribution in [0.3, 0.4) is 0 Å². The number of amides is 1. The van der Waals surface area contributed by atoms with Gasteiger partial charge in [0.1, 0.15) is 5.69 Å². The molecular formula is C20H31N7OS. The van der Waals surface area contributed by atoms with Crippen LogP contribution in [0.1, 0.15) is 36.2 Å². The van der Waals surface area contributed by atoms with Crippen molar-refractivity contribution >= 4 is 22.4 Å². The van der Waals surface area contributed by atoms with Crippen LogP contribution in [0.25, 0.3) is 5.13 Å². The van der Waals surface area contributed by atoms with Crippen molar-refractivity contribution < 1.29 is 4.79 Å². The number of nitrogens with zero attached hydrogens (tertiary/aromatic N) is 6. The number of piperidine rings is 1. The first-order valence-corrected chi connectivity index (χ1v) is 11.5. The minimum absolute atomic E-state index is 0.0527. The van der Waals surface area contributed by atoms with Crippen molar-refractivity contribution in [3.8, 4) is 5.13 Å². The summed E-state index contributed by atoms with van der Waals surface area (Å²) in [6, 6.07) is 3.74. The van der Waals surface area contributed by atoms with Gasteiger partial charge in [0.15, 0.2) is 0 Å². The quantitative estimate of drug-likeness (QED) is 0.692. The van der Waals surface area contributed by atoms with Gasteiger partial charge in [-0.15, -0.1) is 10.2 Å². The maximum Gasteiger partial charge on any atom is 0.268 e. The fourth-order valence-electron chi connectivity index (χ4n) is 3.92. The van der Waals surface area contributed by atoms with E-state index >= 15 is 0 Å². The van der Waals surface area contributed by atoms with Crippen LogP contribution >= 0.6 is 11.3 Å². The molecule has 2 aromatic heterocycles. The van der Waals surface area contributed by atoms with Crippen molar-refractivity contribution in [1.82, 2.24) is 29.9 Å². The fourth-order valence-corrected chi connectivity index (χ4v) is 4.81. The van der Waals surface area contributed by atoms with Crippen LogP contribution < -0.4 is 10.2 Å². The molecule has 0 unspecified atom stereocenters. The van der Waals surface area contributed by atoms with E-state index in [-0.39, 0.29) is 5.91 Å². The highest BCUT2D eigenvalue weighted by Crippen LogP contribution is 2.26. The van der Waals surface area contributed by atoms with Crippen LogP contribution in [-0.2, 0) is 0 Å². The summed E-state index contributed by atoms with van der Waals surface area (Å²) in [5.41, 5.74) is 0.617. The third-order valence-electron chi connectivity index (χ3n) is 5.75. The average molecular weight is 418 g/mol. The topological polar surface area (TPSA) is 69.5 Å².